The minimum Gasteiger partial charge on any atom is -0.478 e. The van der Waals surface area contributed by atoms with Crippen molar-refractivity contribution in [1.29, 1.82) is 0 Å². The SMILES string of the molecule is CCCC(CC)N(C)CCc1ccccc1C(=O)O. The van der Waals surface area contributed by atoms with E-state index >= 15 is 0 Å². The van der Waals surface area contributed by atoms with Crippen molar-refractivity contribution < 1.29 is 9.90 Å². The van der Waals surface area contributed by atoms with Gasteiger partial charge in [-0.05, 0) is 37.9 Å². The largest absolute Gasteiger partial charge is 0.478 e. The first-order valence-electron chi connectivity index (χ1n) is 7.11. The van der Waals surface area contributed by atoms with Crippen LogP contribution in [0, 0.1) is 0 Å². The highest BCUT2D eigenvalue weighted by molar-refractivity contribution is 5.89. The fraction of sp³-hybridized carbons (Fsp3) is 0.562. The number of carboxylic acid groups (broad SMARTS) is 1. The number of likely N-dealkylation sites (N-methyl/N-ethyl adjacent to an activating group) is 1. The van der Waals surface area contributed by atoms with Gasteiger partial charge in [0.25, 0.3) is 0 Å². The van der Waals surface area contributed by atoms with Gasteiger partial charge < -0.3 is 10.0 Å². The van der Waals surface area contributed by atoms with Gasteiger partial charge in [0.2, 0.25) is 0 Å². The summed E-state index contributed by atoms with van der Waals surface area (Å²) in [6.07, 6.45) is 4.33. The van der Waals surface area contributed by atoms with Gasteiger partial charge in [0.1, 0.15) is 0 Å². The van der Waals surface area contributed by atoms with Crippen molar-refractivity contribution in [1.82, 2.24) is 4.90 Å². The zero-order valence-electron chi connectivity index (χ0n) is 12.2. The molecule has 1 N–H and O–H groups in total. The van der Waals surface area contributed by atoms with E-state index < -0.39 is 5.97 Å². The first kappa shape index (κ1) is 15.7. The van der Waals surface area contributed by atoms with Crippen molar-refractivity contribution >= 4 is 5.97 Å². The molecule has 1 aromatic carbocycles. The molecule has 0 spiro atoms. The molecule has 1 atom stereocenters. The molecule has 1 rings (SSSR count). The van der Waals surface area contributed by atoms with Gasteiger partial charge in [0.15, 0.2) is 0 Å². The number of benzene rings is 1. The minimum atomic E-state index is -0.834. The van der Waals surface area contributed by atoms with Crippen LogP contribution in [-0.4, -0.2) is 35.6 Å². The van der Waals surface area contributed by atoms with Crippen LogP contribution in [0.25, 0.3) is 0 Å². The lowest BCUT2D eigenvalue weighted by Gasteiger charge is -2.27. The average Bonchev–Trinajstić information content (AvgIpc) is 2.42. The summed E-state index contributed by atoms with van der Waals surface area (Å²) in [6.45, 7) is 5.32. The first-order valence-corrected chi connectivity index (χ1v) is 7.11. The van der Waals surface area contributed by atoms with E-state index in [0.29, 0.717) is 11.6 Å². The van der Waals surface area contributed by atoms with Crippen molar-refractivity contribution in [3.8, 4) is 0 Å². The van der Waals surface area contributed by atoms with Gasteiger partial charge in [-0.1, -0.05) is 38.5 Å². The molecule has 0 aliphatic heterocycles. The van der Waals surface area contributed by atoms with E-state index in [2.05, 4.69) is 25.8 Å². The fourth-order valence-electron chi connectivity index (χ4n) is 2.50. The molecule has 1 aromatic rings. The average molecular weight is 263 g/mol. The van der Waals surface area contributed by atoms with E-state index in [4.69, 9.17) is 5.11 Å². The molecule has 0 aliphatic carbocycles. The molecule has 0 heterocycles. The van der Waals surface area contributed by atoms with Gasteiger partial charge in [-0.2, -0.15) is 0 Å². The Labute approximate surface area is 116 Å². The highest BCUT2D eigenvalue weighted by Gasteiger charge is 2.13. The number of hydrogen-bond acceptors (Lipinski definition) is 2. The van der Waals surface area contributed by atoms with Crippen LogP contribution in [-0.2, 0) is 6.42 Å². The second-order valence-electron chi connectivity index (χ2n) is 5.04. The van der Waals surface area contributed by atoms with Crippen LogP contribution in [0.2, 0.25) is 0 Å². The summed E-state index contributed by atoms with van der Waals surface area (Å²) in [6, 6.07) is 7.88. The van der Waals surface area contributed by atoms with Crippen LogP contribution in [0.3, 0.4) is 0 Å². The molecule has 0 fully saturated rings. The Morgan fingerprint density at radius 1 is 1.32 bits per heavy atom. The summed E-state index contributed by atoms with van der Waals surface area (Å²) >= 11 is 0. The molecule has 19 heavy (non-hydrogen) atoms. The van der Waals surface area contributed by atoms with E-state index in [1.165, 1.54) is 12.8 Å². The van der Waals surface area contributed by atoms with Crippen molar-refractivity contribution in [3.05, 3.63) is 35.4 Å². The molecule has 0 aromatic heterocycles. The predicted octanol–water partition coefficient (Wildman–Crippen LogP) is 3.44. The number of carbonyl (C=O) groups is 1. The van der Waals surface area contributed by atoms with E-state index in [-0.39, 0.29) is 0 Å². The summed E-state index contributed by atoms with van der Waals surface area (Å²) in [7, 11) is 2.13. The number of nitrogens with zero attached hydrogens (tertiary/aromatic N) is 1. The molecule has 106 valence electrons. The molecule has 0 saturated heterocycles. The Bertz CT molecular complexity index is 403. The molecule has 0 aliphatic rings. The molecule has 3 heteroatoms. The molecular weight excluding hydrogens is 238 g/mol. The van der Waals surface area contributed by atoms with E-state index in [0.717, 1.165) is 24.9 Å². The van der Waals surface area contributed by atoms with Crippen molar-refractivity contribution in [2.24, 2.45) is 0 Å². The molecule has 0 amide bonds. The Morgan fingerprint density at radius 2 is 2.00 bits per heavy atom. The highest BCUT2D eigenvalue weighted by atomic mass is 16.4. The van der Waals surface area contributed by atoms with Gasteiger partial charge in [0, 0.05) is 12.6 Å². The van der Waals surface area contributed by atoms with Crippen LogP contribution < -0.4 is 0 Å². The zero-order chi connectivity index (χ0) is 14.3. The third-order valence-electron chi connectivity index (χ3n) is 3.70. The second-order valence-corrected chi connectivity index (χ2v) is 5.04. The van der Waals surface area contributed by atoms with Gasteiger partial charge in [0.05, 0.1) is 5.56 Å². The fourth-order valence-corrected chi connectivity index (χ4v) is 2.50. The Balaban J connectivity index is 2.63. The van der Waals surface area contributed by atoms with Crippen LogP contribution in [0.4, 0.5) is 0 Å². The lowest BCUT2D eigenvalue weighted by molar-refractivity contribution is 0.0695. The summed E-state index contributed by atoms with van der Waals surface area (Å²) in [4.78, 5) is 13.5. The minimum absolute atomic E-state index is 0.430. The monoisotopic (exact) mass is 263 g/mol. The maximum atomic E-state index is 11.1. The second kappa shape index (κ2) is 7.95. The molecule has 0 saturated carbocycles. The third-order valence-corrected chi connectivity index (χ3v) is 3.70. The van der Waals surface area contributed by atoms with E-state index in [1.807, 2.05) is 12.1 Å². The number of carboxylic acids is 1. The third kappa shape index (κ3) is 4.67. The van der Waals surface area contributed by atoms with Crippen molar-refractivity contribution in [2.75, 3.05) is 13.6 Å². The lowest BCUT2D eigenvalue weighted by atomic mass is 10.0. The molecule has 3 nitrogen and oxygen atoms in total. The smallest absolute Gasteiger partial charge is 0.335 e. The topological polar surface area (TPSA) is 40.5 Å². The number of rotatable bonds is 8. The quantitative estimate of drug-likeness (QED) is 0.781. The van der Waals surface area contributed by atoms with Crippen LogP contribution in [0.1, 0.15) is 49.0 Å². The van der Waals surface area contributed by atoms with E-state index in [1.54, 1.807) is 12.1 Å². The van der Waals surface area contributed by atoms with Gasteiger partial charge >= 0.3 is 5.97 Å². The predicted molar refractivity (Wildman–Crippen MR) is 78.7 cm³/mol. The zero-order valence-corrected chi connectivity index (χ0v) is 12.2. The first-order chi connectivity index (χ1) is 9.10. The van der Waals surface area contributed by atoms with E-state index in [9.17, 15) is 4.79 Å². The Morgan fingerprint density at radius 3 is 2.58 bits per heavy atom. The summed E-state index contributed by atoms with van der Waals surface area (Å²) in [5, 5.41) is 9.16. The molecule has 0 radical (unpaired) electrons. The Hall–Kier alpha value is -1.35. The molecular formula is C16H25NO2. The molecule has 0 bridgehead atoms. The van der Waals surface area contributed by atoms with Gasteiger partial charge in [-0.15, -0.1) is 0 Å². The van der Waals surface area contributed by atoms with Crippen molar-refractivity contribution in [3.63, 3.8) is 0 Å². The van der Waals surface area contributed by atoms with Crippen molar-refractivity contribution in [2.45, 2.75) is 45.6 Å². The molecule has 1 unspecified atom stereocenters. The maximum Gasteiger partial charge on any atom is 0.335 e. The number of hydrogen-bond donors (Lipinski definition) is 1. The van der Waals surface area contributed by atoms with Crippen LogP contribution in [0.5, 0.6) is 0 Å². The number of aromatic carboxylic acids is 1. The Kier molecular flexibility index (Phi) is 6.57. The highest BCUT2D eigenvalue weighted by Crippen LogP contribution is 2.13. The summed E-state index contributed by atoms with van der Waals surface area (Å²) in [5.74, 6) is -0.834. The lowest BCUT2D eigenvalue weighted by Crippen LogP contribution is -2.33. The van der Waals surface area contributed by atoms with Gasteiger partial charge in [-0.3, -0.25) is 0 Å². The normalized spacial score (nSPS) is 12.6. The summed E-state index contributed by atoms with van der Waals surface area (Å²) < 4.78 is 0. The van der Waals surface area contributed by atoms with Crippen LogP contribution in [0.15, 0.2) is 24.3 Å². The summed E-state index contributed by atoms with van der Waals surface area (Å²) in [5.41, 5.74) is 1.35. The maximum absolute atomic E-state index is 11.1. The van der Waals surface area contributed by atoms with Gasteiger partial charge in [-0.25, -0.2) is 4.79 Å². The van der Waals surface area contributed by atoms with Crippen LogP contribution >= 0.6 is 0 Å². The standard InChI is InChI=1S/C16H25NO2/c1-4-8-14(5-2)17(3)12-11-13-9-6-7-10-15(13)16(18)19/h6-7,9-10,14H,4-5,8,11-12H2,1-3H3,(H,18,19).